The normalized spacial score (nSPS) is 11.8. The molecule has 0 bridgehead atoms. The zero-order chi connectivity index (χ0) is 12.0. The average Bonchev–Trinajstić information content (AvgIpc) is 2.80. The largest absolute Gasteiger partial charge is 0.407 e. The molecule has 92 valence electrons. The summed E-state index contributed by atoms with van der Waals surface area (Å²) in [4.78, 5) is 0. The van der Waals surface area contributed by atoms with Crippen LogP contribution in [0.4, 0.5) is 6.01 Å². The van der Waals surface area contributed by atoms with E-state index in [1.807, 2.05) is 11.8 Å². The number of nitrogens with one attached hydrogen (secondary N) is 1. The zero-order valence-electron chi connectivity index (χ0n) is 9.92. The second kappa shape index (κ2) is 6.35. The molecule has 0 aliphatic rings. The van der Waals surface area contributed by atoms with Gasteiger partial charge in [-0.15, -0.1) is 16.7 Å². The third kappa shape index (κ3) is 3.28. The first-order chi connectivity index (χ1) is 7.69. The molecule has 0 saturated heterocycles. The average molecular weight is 264 g/mol. The minimum atomic E-state index is 0.232. The lowest BCUT2D eigenvalue weighted by Gasteiger charge is -2.29. The van der Waals surface area contributed by atoms with Crippen LogP contribution in [-0.4, -0.2) is 27.7 Å². The van der Waals surface area contributed by atoms with E-state index in [-0.39, 0.29) is 10.6 Å². The lowest BCUT2D eigenvalue weighted by Crippen LogP contribution is -2.32. The smallest absolute Gasteiger partial charge is 0.315 e. The van der Waals surface area contributed by atoms with E-state index in [1.54, 1.807) is 0 Å². The van der Waals surface area contributed by atoms with Crippen molar-refractivity contribution in [1.82, 2.24) is 10.2 Å². The maximum Gasteiger partial charge on any atom is 0.315 e. The van der Waals surface area contributed by atoms with Crippen LogP contribution in [-0.2, 0) is 5.88 Å². The molecule has 1 rings (SSSR count). The molecular formula is C10H18ClN3OS. The molecule has 0 aliphatic heterocycles. The number of aromatic nitrogens is 2. The summed E-state index contributed by atoms with van der Waals surface area (Å²) < 4.78 is 5.52. The Morgan fingerprint density at radius 2 is 2.06 bits per heavy atom. The summed E-state index contributed by atoms with van der Waals surface area (Å²) in [5.41, 5.74) is 0. The van der Waals surface area contributed by atoms with Crippen molar-refractivity contribution in [1.29, 1.82) is 0 Å². The molecule has 0 spiro atoms. The van der Waals surface area contributed by atoms with Crippen LogP contribution in [0, 0.1) is 0 Å². The van der Waals surface area contributed by atoms with E-state index in [4.69, 9.17) is 16.0 Å². The second-order valence-corrected chi connectivity index (χ2v) is 5.12. The molecule has 0 radical (unpaired) electrons. The van der Waals surface area contributed by atoms with E-state index >= 15 is 0 Å². The van der Waals surface area contributed by atoms with Crippen LogP contribution < -0.4 is 5.32 Å². The van der Waals surface area contributed by atoms with Crippen molar-refractivity contribution < 1.29 is 4.42 Å². The second-order valence-electron chi connectivity index (χ2n) is 3.58. The van der Waals surface area contributed by atoms with E-state index in [9.17, 15) is 0 Å². The highest BCUT2D eigenvalue weighted by atomic mass is 35.5. The van der Waals surface area contributed by atoms with Crippen molar-refractivity contribution in [2.24, 2.45) is 0 Å². The summed E-state index contributed by atoms with van der Waals surface area (Å²) in [5.74, 6) is 0.705. The van der Waals surface area contributed by atoms with Gasteiger partial charge in [-0.25, -0.2) is 0 Å². The fourth-order valence-electron chi connectivity index (χ4n) is 1.48. The van der Waals surface area contributed by atoms with Gasteiger partial charge in [0, 0.05) is 11.3 Å². The Labute approximate surface area is 106 Å². The molecule has 1 aromatic rings. The van der Waals surface area contributed by atoms with Gasteiger partial charge < -0.3 is 9.73 Å². The topological polar surface area (TPSA) is 51.0 Å². The van der Waals surface area contributed by atoms with Gasteiger partial charge in [0.1, 0.15) is 5.88 Å². The molecule has 1 aromatic heterocycles. The molecule has 4 nitrogen and oxygen atoms in total. The fraction of sp³-hybridized carbons (Fsp3) is 0.800. The highest BCUT2D eigenvalue weighted by Crippen LogP contribution is 2.30. The van der Waals surface area contributed by atoms with Crippen molar-refractivity contribution in [2.45, 2.75) is 37.3 Å². The summed E-state index contributed by atoms with van der Waals surface area (Å²) in [6.45, 7) is 5.21. The molecule has 0 aromatic carbocycles. The summed E-state index contributed by atoms with van der Waals surface area (Å²) >= 11 is 7.45. The molecule has 0 atom stereocenters. The Hall–Kier alpha value is -0.420. The van der Waals surface area contributed by atoms with Gasteiger partial charge >= 0.3 is 6.01 Å². The standard InChI is InChI=1S/C10H18ClN3OS/c1-4-10(5-2,16-3)7-12-9-14-13-8(6-11)15-9/h4-7H2,1-3H3,(H,12,14). The number of hydrogen-bond donors (Lipinski definition) is 1. The minimum Gasteiger partial charge on any atom is -0.407 e. The molecule has 0 amide bonds. The SMILES string of the molecule is CCC(CC)(CNc1nnc(CCl)o1)SC. The Kier molecular flexibility index (Phi) is 5.41. The number of nitrogens with zero attached hydrogens (tertiary/aromatic N) is 2. The quantitative estimate of drug-likeness (QED) is 0.766. The van der Waals surface area contributed by atoms with E-state index < -0.39 is 0 Å². The van der Waals surface area contributed by atoms with Crippen molar-refractivity contribution in [2.75, 3.05) is 18.1 Å². The Morgan fingerprint density at radius 1 is 1.38 bits per heavy atom. The van der Waals surface area contributed by atoms with Crippen LogP contribution in [0.5, 0.6) is 0 Å². The van der Waals surface area contributed by atoms with Gasteiger partial charge in [0.25, 0.3) is 0 Å². The van der Waals surface area contributed by atoms with E-state index in [2.05, 4.69) is 35.6 Å². The van der Waals surface area contributed by atoms with E-state index in [1.165, 1.54) is 0 Å². The molecule has 1 N–H and O–H groups in total. The van der Waals surface area contributed by atoms with Gasteiger partial charge in [0.05, 0.1) is 0 Å². The zero-order valence-corrected chi connectivity index (χ0v) is 11.5. The third-order valence-corrected chi connectivity index (χ3v) is 4.68. The number of anilines is 1. The molecular weight excluding hydrogens is 246 g/mol. The molecule has 1 heterocycles. The predicted molar refractivity (Wildman–Crippen MR) is 69.2 cm³/mol. The van der Waals surface area contributed by atoms with E-state index in [0.717, 1.165) is 19.4 Å². The summed E-state index contributed by atoms with van der Waals surface area (Å²) in [6, 6.07) is 0.455. The van der Waals surface area contributed by atoms with Crippen molar-refractivity contribution in [3.8, 4) is 0 Å². The maximum atomic E-state index is 5.58. The highest BCUT2D eigenvalue weighted by molar-refractivity contribution is 8.00. The highest BCUT2D eigenvalue weighted by Gasteiger charge is 2.25. The van der Waals surface area contributed by atoms with Crippen LogP contribution >= 0.6 is 23.4 Å². The third-order valence-electron chi connectivity index (χ3n) is 2.86. The lowest BCUT2D eigenvalue weighted by atomic mass is 10.0. The summed E-state index contributed by atoms with van der Waals surface area (Å²) in [6.07, 6.45) is 4.34. The maximum absolute atomic E-state index is 5.58. The first-order valence-electron chi connectivity index (χ1n) is 5.37. The van der Waals surface area contributed by atoms with Crippen LogP contribution in [0.25, 0.3) is 0 Å². The van der Waals surface area contributed by atoms with Gasteiger partial charge in [-0.3, -0.25) is 0 Å². The van der Waals surface area contributed by atoms with Crippen LogP contribution in [0.1, 0.15) is 32.6 Å². The molecule has 0 saturated carbocycles. The van der Waals surface area contributed by atoms with Crippen LogP contribution in [0.15, 0.2) is 4.42 Å². The number of alkyl halides is 1. The van der Waals surface area contributed by atoms with E-state index in [0.29, 0.717) is 11.9 Å². The summed E-state index contributed by atoms with van der Waals surface area (Å²) in [7, 11) is 0. The molecule has 0 unspecified atom stereocenters. The number of rotatable bonds is 7. The summed E-state index contributed by atoms with van der Waals surface area (Å²) in [5, 5.41) is 10.8. The minimum absolute atomic E-state index is 0.232. The monoisotopic (exact) mass is 263 g/mol. The van der Waals surface area contributed by atoms with Gasteiger partial charge in [0.2, 0.25) is 5.89 Å². The Balaban J connectivity index is 2.55. The molecule has 0 aliphatic carbocycles. The van der Waals surface area contributed by atoms with Crippen LogP contribution in [0.2, 0.25) is 0 Å². The predicted octanol–water partition coefficient (Wildman–Crippen LogP) is 3.14. The van der Waals surface area contributed by atoms with Gasteiger partial charge in [0.15, 0.2) is 0 Å². The molecule has 16 heavy (non-hydrogen) atoms. The Bertz CT molecular complexity index is 307. The fourth-order valence-corrected chi connectivity index (χ4v) is 2.38. The molecule has 0 fully saturated rings. The lowest BCUT2D eigenvalue weighted by molar-refractivity contribution is 0.511. The first kappa shape index (κ1) is 13.6. The van der Waals surface area contributed by atoms with Crippen LogP contribution in [0.3, 0.4) is 0 Å². The van der Waals surface area contributed by atoms with Gasteiger partial charge in [-0.1, -0.05) is 18.9 Å². The van der Waals surface area contributed by atoms with Crippen molar-refractivity contribution in [3.05, 3.63) is 5.89 Å². The van der Waals surface area contributed by atoms with Crippen molar-refractivity contribution in [3.63, 3.8) is 0 Å². The van der Waals surface area contributed by atoms with Crippen molar-refractivity contribution >= 4 is 29.4 Å². The van der Waals surface area contributed by atoms with Gasteiger partial charge in [-0.2, -0.15) is 11.8 Å². The Morgan fingerprint density at radius 3 is 2.50 bits per heavy atom. The number of thioether (sulfide) groups is 1. The first-order valence-corrected chi connectivity index (χ1v) is 7.13. The number of hydrogen-bond acceptors (Lipinski definition) is 5. The van der Waals surface area contributed by atoms with Gasteiger partial charge in [-0.05, 0) is 19.1 Å². The number of halogens is 1. The molecule has 6 heteroatoms.